The Kier molecular flexibility index (Phi) is 8.92. The Bertz CT molecular complexity index is 1010. The highest BCUT2D eigenvalue weighted by Gasteiger charge is 2.11. The molecule has 0 saturated heterocycles. The SMILES string of the molecule is Cl.O=c1[nH]nc(-c2cccc(NCCCCCNC3CCCCC3)c2)c2ccccc12. The second-order valence-corrected chi connectivity index (χ2v) is 8.30. The minimum absolute atomic E-state index is 0. The number of fused-ring (bicyclic) bond motifs is 1. The molecule has 0 amide bonds. The van der Waals surface area contributed by atoms with Crippen molar-refractivity contribution in [3.63, 3.8) is 0 Å². The minimum Gasteiger partial charge on any atom is -0.385 e. The van der Waals surface area contributed by atoms with Crippen LogP contribution in [0.2, 0.25) is 0 Å². The van der Waals surface area contributed by atoms with Gasteiger partial charge in [-0.05, 0) is 50.4 Å². The Morgan fingerprint density at radius 3 is 2.52 bits per heavy atom. The molecule has 0 radical (unpaired) electrons. The average Bonchev–Trinajstić information content (AvgIpc) is 2.80. The maximum absolute atomic E-state index is 12.0. The first-order valence-electron chi connectivity index (χ1n) is 11.4. The molecular weight excluding hydrogens is 408 g/mol. The van der Waals surface area contributed by atoms with Gasteiger partial charge in [-0.1, -0.05) is 56.0 Å². The van der Waals surface area contributed by atoms with E-state index in [1.807, 2.05) is 36.4 Å². The highest BCUT2D eigenvalue weighted by atomic mass is 35.5. The number of hydrogen-bond donors (Lipinski definition) is 3. The normalized spacial score (nSPS) is 14.3. The summed E-state index contributed by atoms with van der Waals surface area (Å²) >= 11 is 0. The topological polar surface area (TPSA) is 69.8 Å². The van der Waals surface area contributed by atoms with Crippen LogP contribution >= 0.6 is 12.4 Å². The van der Waals surface area contributed by atoms with Crippen LogP contribution in [0, 0.1) is 0 Å². The van der Waals surface area contributed by atoms with Gasteiger partial charge in [0.25, 0.3) is 5.56 Å². The van der Waals surface area contributed by atoms with E-state index in [1.54, 1.807) is 0 Å². The first-order valence-corrected chi connectivity index (χ1v) is 11.4. The molecule has 0 unspecified atom stereocenters. The molecule has 1 fully saturated rings. The Morgan fingerprint density at radius 1 is 0.903 bits per heavy atom. The molecule has 0 bridgehead atoms. The van der Waals surface area contributed by atoms with E-state index in [9.17, 15) is 4.79 Å². The van der Waals surface area contributed by atoms with Gasteiger partial charge in [0.1, 0.15) is 0 Å². The smallest absolute Gasteiger partial charge is 0.272 e. The number of aromatic nitrogens is 2. The van der Waals surface area contributed by atoms with Crippen molar-refractivity contribution < 1.29 is 0 Å². The molecule has 2 aromatic carbocycles. The van der Waals surface area contributed by atoms with Crippen molar-refractivity contribution in [2.45, 2.75) is 57.4 Å². The van der Waals surface area contributed by atoms with Gasteiger partial charge < -0.3 is 10.6 Å². The fourth-order valence-corrected chi connectivity index (χ4v) is 4.38. The van der Waals surface area contributed by atoms with Crippen LogP contribution in [0.15, 0.2) is 53.3 Å². The van der Waals surface area contributed by atoms with Crippen molar-refractivity contribution in [2.24, 2.45) is 0 Å². The zero-order chi connectivity index (χ0) is 20.6. The van der Waals surface area contributed by atoms with Gasteiger partial charge >= 0.3 is 0 Å². The molecule has 1 aromatic heterocycles. The van der Waals surface area contributed by atoms with Crippen LogP contribution in [-0.4, -0.2) is 29.3 Å². The minimum atomic E-state index is -0.151. The fourth-order valence-electron chi connectivity index (χ4n) is 4.38. The third-order valence-electron chi connectivity index (χ3n) is 6.05. The maximum atomic E-state index is 12.0. The highest BCUT2D eigenvalue weighted by molar-refractivity contribution is 5.94. The summed E-state index contributed by atoms with van der Waals surface area (Å²) in [5, 5.41) is 15.7. The van der Waals surface area contributed by atoms with Crippen molar-refractivity contribution in [3.8, 4) is 11.3 Å². The molecule has 1 aliphatic carbocycles. The van der Waals surface area contributed by atoms with E-state index in [1.165, 1.54) is 44.9 Å². The quantitative estimate of drug-likeness (QED) is 0.383. The first-order chi connectivity index (χ1) is 14.8. The van der Waals surface area contributed by atoms with Crippen LogP contribution < -0.4 is 16.2 Å². The van der Waals surface area contributed by atoms with E-state index in [2.05, 4.69) is 33.0 Å². The molecular formula is C25H33ClN4O. The number of nitrogens with zero attached hydrogens (tertiary/aromatic N) is 1. The van der Waals surface area contributed by atoms with Gasteiger partial charge in [0.05, 0.1) is 11.1 Å². The molecule has 3 N–H and O–H groups in total. The molecule has 1 saturated carbocycles. The lowest BCUT2D eigenvalue weighted by molar-refractivity contribution is 0.370. The van der Waals surface area contributed by atoms with Gasteiger partial charge in [0.15, 0.2) is 0 Å². The first kappa shape index (κ1) is 23.3. The largest absolute Gasteiger partial charge is 0.385 e. The number of hydrogen-bond acceptors (Lipinski definition) is 4. The Labute approximate surface area is 190 Å². The van der Waals surface area contributed by atoms with Gasteiger partial charge in [-0.15, -0.1) is 12.4 Å². The molecule has 0 aliphatic heterocycles. The molecule has 1 aliphatic rings. The summed E-state index contributed by atoms with van der Waals surface area (Å²) in [6, 6.07) is 16.6. The van der Waals surface area contributed by atoms with E-state index in [0.717, 1.165) is 47.9 Å². The Hall–Kier alpha value is -2.37. The number of benzene rings is 2. The lowest BCUT2D eigenvalue weighted by Crippen LogP contribution is -2.31. The van der Waals surface area contributed by atoms with Crippen LogP contribution in [0.5, 0.6) is 0 Å². The molecule has 3 aromatic rings. The third kappa shape index (κ3) is 6.31. The summed E-state index contributed by atoms with van der Waals surface area (Å²) in [5.74, 6) is 0. The van der Waals surface area contributed by atoms with Crippen LogP contribution in [0.4, 0.5) is 5.69 Å². The van der Waals surface area contributed by atoms with E-state index < -0.39 is 0 Å². The number of aromatic amines is 1. The van der Waals surface area contributed by atoms with Gasteiger partial charge in [-0.25, -0.2) is 5.10 Å². The molecule has 0 spiro atoms. The number of nitrogens with one attached hydrogen (secondary N) is 3. The average molecular weight is 441 g/mol. The van der Waals surface area contributed by atoms with Crippen molar-refractivity contribution in [2.75, 3.05) is 18.4 Å². The molecule has 4 rings (SSSR count). The van der Waals surface area contributed by atoms with Crippen molar-refractivity contribution in [3.05, 3.63) is 58.9 Å². The highest BCUT2D eigenvalue weighted by Crippen LogP contribution is 2.26. The van der Waals surface area contributed by atoms with Crippen molar-refractivity contribution in [1.82, 2.24) is 15.5 Å². The second kappa shape index (κ2) is 11.9. The summed E-state index contributed by atoms with van der Waals surface area (Å²) in [6.45, 7) is 2.11. The molecule has 5 nitrogen and oxygen atoms in total. The molecule has 6 heteroatoms. The van der Waals surface area contributed by atoms with E-state index in [4.69, 9.17) is 0 Å². The van der Waals surface area contributed by atoms with Crippen LogP contribution in [0.25, 0.3) is 22.0 Å². The monoisotopic (exact) mass is 440 g/mol. The lowest BCUT2D eigenvalue weighted by Gasteiger charge is -2.22. The van der Waals surface area contributed by atoms with Crippen LogP contribution in [0.1, 0.15) is 51.4 Å². The van der Waals surface area contributed by atoms with Crippen LogP contribution in [0.3, 0.4) is 0 Å². The summed E-state index contributed by atoms with van der Waals surface area (Å²) in [4.78, 5) is 12.0. The molecule has 1 heterocycles. The summed E-state index contributed by atoms with van der Waals surface area (Å²) in [7, 11) is 0. The summed E-state index contributed by atoms with van der Waals surface area (Å²) in [5.41, 5.74) is 2.75. The lowest BCUT2D eigenvalue weighted by atomic mass is 9.95. The molecule has 166 valence electrons. The zero-order valence-corrected chi connectivity index (χ0v) is 18.8. The van der Waals surface area contributed by atoms with Gasteiger partial charge in [-0.3, -0.25) is 4.79 Å². The molecule has 0 atom stereocenters. The Balaban J connectivity index is 0.00000272. The number of halogens is 1. The van der Waals surface area contributed by atoms with Crippen molar-refractivity contribution >= 4 is 28.9 Å². The van der Waals surface area contributed by atoms with Gasteiger partial charge in [-0.2, -0.15) is 5.10 Å². The van der Waals surface area contributed by atoms with Gasteiger partial charge in [0.2, 0.25) is 0 Å². The van der Waals surface area contributed by atoms with Crippen molar-refractivity contribution in [1.29, 1.82) is 0 Å². The summed E-state index contributed by atoms with van der Waals surface area (Å²) < 4.78 is 0. The third-order valence-corrected chi connectivity index (χ3v) is 6.05. The maximum Gasteiger partial charge on any atom is 0.272 e. The zero-order valence-electron chi connectivity index (χ0n) is 18.0. The second-order valence-electron chi connectivity index (χ2n) is 8.30. The predicted molar refractivity (Wildman–Crippen MR) is 132 cm³/mol. The summed E-state index contributed by atoms with van der Waals surface area (Å²) in [6.07, 6.45) is 10.6. The standard InChI is InChI=1S/C25H32N4O.ClH/c30-25-23-15-6-5-14-22(23)24(28-29-25)19-10-9-13-21(18-19)27-17-8-2-7-16-26-20-11-3-1-4-12-20;/h5-6,9-10,13-15,18,20,26-27H,1-4,7-8,11-12,16-17H2,(H,29,30);1H. The number of unbranched alkanes of at least 4 members (excludes halogenated alkanes) is 2. The number of rotatable bonds is 9. The number of H-pyrrole nitrogens is 1. The molecule has 31 heavy (non-hydrogen) atoms. The van der Waals surface area contributed by atoms with E-state index in [0.29, 0.717) is 5.39 Å². The number of anilines is 1. The van der Waals surface area contributed by atoms with Gasteiger partial charge in [0, 0.05) is 29.2 Å². The van der Waals surface area contributed by atoms with E-state index >= 15 is 0 Å². The predicted octanol–water partition coefficient (Wildman–Crippen LogP) is 5.52. The fraction of sp³-hybridized carbons (Fsp3) is 0.440. The Morgan fingerprint density at radius 2 is 1.68 bits per heavy atom. The van der Waals surface area contributed by atoms with E-state index in [-0.39, 0.29) is 18.0 Å². The van der Waals surface area contributed by atoms with Crippen LogP contribution in [-0.2, 0) is 0 Å².